The summed E-state index contributed by atoms with van der Waals surface area (Å²) in [6.45, 7) is 2.49. The molecule has 0 aliphatic heterocycles. The third-order valence-corrected chi connectivity index (χ3v) is 4.97. The van der Waals surface area contributed by atoms with Gasteiger partial charge < -0.3 is 19.5 Å². The molecule has 0 radical (unpaired) electrons. The Balaban J connectivity index is 1.85. The molecule has 0 fully saturated rings. The van der Waals surface area contributed by atoms with E-state index in [0.29, 0.717) is 28.7 Å². The molecule has 0 saturated carbocycles. The molecule has 6 nitrogen and oxygen atoms in total. The molecule has 1 aromatic heterocycles. The number of thiazole rings is 1. The lowest BCUT2D eigenvalue weighted by molar-refractivity contribution is 0.342. The van der Waals surface area contributed by atoms with E-state index in [9.17, 15) is 5.26 Å². The maximum absolute atomic E-state index is 9.60. The van der Waals surface area contributed by atoms with E-state index in [0.717, 1.165) is 22.7 Å². The normalized spacial score (nSPS) is 10.9. The van der Waals surface area contributed by atoms with Crippen LogP contribution in [0.4, 0.5) is 5.69 Å². The van der Waals surface area contributed by atoms with Gasteiger partial charge in [0.2, 0.25) is 0 Å². The lowest BCUT2D eigenvalue weighted by Gasteiger charge is -2.09. The molecule has 0 spiro atoms. The fraction of sp³-hybridized carbons (Fsp3) is 0.182. The van der Waals surface area contributed by atoms with Crippen molar-refractivity contribution in [1.82, 2.24) is 4.98 Å². The van der Waals surface area contributed by atoms with Crippen molar-refractivity contribution in [2.75, 3.05) is 26.1 Å². The van der Waals surface area contributed by atoms with Crippen molar-refractivity contribution in [3.05, 3.63) is 59.1 Å². The summed E-state index contributed by atoms with van der Waals surface area (Å²) in [5.41, 5.74) is 2.88. The molecule has 7 heteroatoms. The van der Waals surface area contributed by atoms with Gasteiger partial charge in [0.05, 0.1) is 32.2 Å². The van der Waals surface area contributed by atoms with E-state index >= 15 is 0 Å². The number of para-hydroxylation sites is 2. The maximum atomic E-state index is 9.60. The Hall–Kier alpha value is -3.50. The second-order valence-corrected chi connectivity index (χ2v) is 6.71. The highest BCUT2D eigenvalue weighted by molar-refractivity contribution is 7.11. The van der Waals surface area contributed by atoms with Crippen LogP contribution in [0, 0.1) is 11.3 Å². The Labute approximate surface area is 174 Å². The number of nitriles is 1. The lowest BCUT2D eigenvalue weighted by atomic mass is 10.1. The minimum atomic E-state index is 0.438. The topological polar surface area (TPSA) is 76.4 Å². The third-order valence-electron chi connectivity index (χ3n) is 4.09. The average molecular weight is 407 g/mol. The van der Waals surface area contributed by atoms with Crippen LogP contribution in [-0.2, 0) is 0 Å². The zero-order valence-corrected chi connectivity index (χ0v) is 17.2. The fourth-order valence-electron chi connectivity index (χ4n) is 2.68. The highest BCUT2D eigenvalue weighted by Gasteiger charge is 2.12. The smallest absolute Gasteiger partial charge is 0.161 e. The van der Waals surface area contributed by atoms with Gasteiger partial charge in [0.25, 0.3) is 0 Å². The number of rotatable bonds is 8. The third kappa shape index (κ3) is 4.68. The lowest BCUT2D eigenvalue weighted by Crippen LogP contribution is -1.97. The van der Waals surface area contributed by atoms with Gasteiger partial charge >= 0.3 is 0 Å². The van der Waals surface area contributed by atoms with E-state index in [-0.39, 0.29) is 0 Å². The Morgan fingerprint density at radius 3 is 2.66 bits per heavy atom. The van der Waals surface area contributed by atoms with Crippen molar-refractivity contribution < 1.29 is 14.2 Å². The van der Waals surface area contributed by atoms with Gasteiger partial charge in [-0.2, -0.15) is 5.26 Å². The van der Waals surface area contributed by atoms with Crippen molar-refractivity contribution in [2.24, 2.45) is 0 Å². The second kappa shape index (κ2) is 9.62. The number of aromatic nitrogens is 1. The van der Waals surface area contributed by atoms with Crippen molar-refractivity contribution >= 4 is 22.6 Å². The van der Waals surface area contributed by atoms with Gasteiger partial charge in [0.15, 0.2) is 11.5 Å². The predicted molar refractivity (Wildman–Crippen MR) is 115 cm³/mol. The molecule has 0 unspecified atom stereocenters. The monoisotopic (exact) mass is 407 g/mol. The summed E-state index contributed by atoms with van der Waals surface area (Å²) in [5.74, 6) is 2.01. The first-order valence-corrected chi connectivity index (χ1v) is 9.85. The number of allylic oxidation sites excluding steroid dienone is 1. The molecular formula is C22H21N3O3S. The van der Waals surface area contributed by atoms with Crippen LogP contribution in [0.2, 0.25) is 0 Å². The molecule has 3 rings (SSSR count). The Bertz CT molecular complexity index is 1050. The molecule has 0 bridgehead atoms. The number of ether oxygens (including phenoxy) is 3. The molecule has 29 heavy (non-hydrogen) atoms. The average Bonchev–Trinajstić information content (AvgIpc) is 3.25. The van der Waals surface area contributed by atoms with Gasteiger partial charge in [-0.25, -0.2) is 4.98 Å². The summed E-state index contributed by atoms with van der Waals surface area (Å²) in [5, 5.41) is 15.3. The summed E-state index contributed by atoms with van der Waals surface area (Å²) in [7, 11) is 3.19. The molecule has 148 valence electrons. The number of hydrogen-bond donors (Lipinski definition) is 1. The fourth-order valence-corrected chi connectivity index (χ4v) is 3.48. The minimum Gasteiger partial charge on any atom is -0.493 e. The van der Waals surface area contributed by atoms with Gasteiger partial charge in [-0.15, -0.1) is 11.3 Å². The van der Waals surface area contributed by atoms with Crippen LogP contribution in [0.25, 0.3) is 16.8 Å². The van der Waals surface area contributed by atoms with Crippen LogP contribution in [0.15, 0.2) is 54.0 Å². The number of anilines is 1. The van der Waals surface area contributed by atoms with Crippen LogP contribution in [0.1, 0.15) is 11.9 Å². The molecule has 0 aliphatic carbocycles. The van der Waals surface area contributed by atoms with Gasteiger partial charge in [0, 0.05) is 17.1 Å². The first kappa shape index (κ1) is 20.2. The van der Waals surface area contributed by atoms with E-state index < -0.39 is 0 Å². The number of nitrogens with zero attached hydrogens (tertiary/aromatic N) is 2. The van der Waals surface area contributed by atoms with Crippen LogP contribution in [0.3, 0.4) is 0 Å². The van der Waals surface area contributed by atoms with E-state index in [1.54, 1.807) is 20.4 Å². The number of methoxy groups -OCH3 is 2. The zero-order chi connectivity index (χ0) is 20.6. The summed E-state index contributed by atoms with van der Waals surface area (Å²) in [6.07, 6.45) is 1.65. The molecule has 0 saturated heterocycles. The molecular weight excluding hydrogens is 386 g/mol. The Morgan fingerprint density at radius 1 is 1.14 bits per heavy atom. The van der Waals surface area contributed by atoms with Crippen molar-refractivity contribution in [3.8, 4) is 34.6 Å². The number of nitrogens with one attached hydrogen (secondary N) is 1. The van der Waals surface area contributed by atoms with Gasteiger partial charge in [-0.05, 0) is 37.3 Å². The quantitative estimate of drug-likeness (QED) is 0.517. The first-order valence-electron chi connectivity index (χ1n) is 8.97. The van der Waals surface area contributed by atoms with Gasteiger partial charge in [-0.3, -0.25) is 0 Å². The Kier molecular flexibility index (Phi) is 6.72. The molecule has 1 N–H and O–H groups in total. The van der Waals surface area contributed by atoms with E-state index in [4.69, 9.17) is 14.2 Å². The molecule has 0 aliphatic rings. The van der Waals surface area contributed by atoms with Crippen molar-refractivity contribution in [3.63, 3.8) is 0 Å². The van der Waals surface area contributed by atoms with E-state index in [1.807, 2.05) is 54.8 Å². The largest absolute Gasteiger partial charge is 0.493 e. The maximum Gasteiger partial charge on any atom is 0.161 e. The van der Waals surface area contributed by atoms with Crippen LogP contribution >= 0.6 is 11.3 Å². The van der Waals surface area contributed by atoms with Gasteiger partial charge in [0.1, 0.15) is 22.4 Å². The molecule has 1 heterocycles. The van der Waals surface area contributed by atoms with Crippen LogP contribution in [0.5, 0.6) is 17.2 Å². The summed E-state index contributed by atoms with van der Waals surface area (Å²) < 4.78 is 16.2. The first-order chi connectivity index (χ1) is 14.2. The van der Waals surface area contributed by atoms with E-state index in [2.05, 4.69) is 16.4 Å². The second-order valence-electron chi connectivity index (χ2n) is 5.85. The predicted octanol–water partition coefficient (Wildman–Crippen LogP) is 5.20. The van der Waals surface area contributed by atoms with Crippen molar-refractivity contribution in [1.29, 1.82) is 5.26 Å². The molecule has 0 amide bonds. The van der Waals surface area contributed by atoms with Crippen LogP contribution < -0.4 is 19.5 Å². The number of hydrogen-bond acceptors (Lipinski definition) is 7. The summed E-state index contributed by atoms with van der Waals surface area (Å²) >= 11 is 1.40. The van der Waals surface area contributed by atoms with Crippen molar-refractivity contribution in [2.45, 2.75) is 6.92 Å². The Morgan fingerprint density at radius 2 is 1.93 bits per heavy atom. The summed E-state index contributed by atoms with van der Waals surface area (Å²) in [4.78, 5) is 4.61. The molecule has 3 aromatic rings. The zero-order valence-electron chi connectivity index (χ0n) is 16.4. The highest BCUT2D eigenvalue weighted by Crippen LogP contribution is 2.33. The molecule has 2 aromatic carbocycles. The highest BCUT2D eigenvalue weighted by atomic mass is 32.1. The minimum absolute atomic E-state index is 0.438. The van der Waals surface area contributed by atoms with Crippen LogP contribution in [-0.4, -0.2) is 25.8 Å². The van der Waals surface area contributed by atoms with E-state index in [1.165, 1.54) is 11.3 Å². The molecule has 0 atom stereocenters. The number of benzene rings is 2. The van der Waals surface area contributed by atoms with Gasteiger partial charge in [-0.1, -0.05) is 12.1 Å². The summed E-state index contributed by atoms with van der Waals surface area (Å²) in [6, 6.07) is 15.4. The standard InChI is InChI=1S/C22H21N3O3S/c1-4-28-19-8-6-5-7-17(19)24-13-16(12-23)22-25-18(14-29-22)15-9-10-20(26-2)21(11-15)27-3/h5-11,13-14,24H,4H2,1-3H3/b16-13-. The SMILES string of the molecule is CCOc1ccccc1N/C=C(/C#N)c1nc(-c2ccc(OC)c(OC)c2)cs1.